The Morgan fingerprint density at radius 3 is 2.37 bits per heavy atom. The molecule has 0 radical (unpaired) electrons. The van der Waals surface area contributed by atoms with E-state index < -0.39 is 0 Å². The van der Waals surface area contributed by atoms with E-state index in [1.54, 1.807) is 0 Å². The van der Waals surface area contributed by atoms with Crippen molar-refractivity contribution in [2.75, 3.05) is 4.90 Å². The number of hydrogen-bond donors (Lipinski definition) is 0. The highest BCUT2D eigenvalue weighted by Gasteiger charge is 2.47. The molecule has 1 atom stereocenters. The Bertz CT molecular complexity index is 1260. The van der Waals surface area contributed by atoms with Crippen LogP contribution in [0.25, 0.3) is 16.7 Å². The summed E-state index contributed by atoms with van der Waals surface area (Å²) in [6.45, 7) is 9.28. The van der Waals surface area contributed by atoms with Gasteiger partial charge in [-0.1, -0.05) is 74.0 Å². The van der Waals surface area contributed by atoms with Crippen LogP contribution in [0.1, 0.15) is 49.4 Å². The third-order valence-corrected chi connectivity index (χ3v) is 7.51. The monoisotopic (exact) mass is 389 g/mol. The van der Waals surface area contributed by atoms with Crippen LogP contribution in [0.4, 0.5) is 11.4 Å². The molecule has 2 aliphatic carbocycles. The van der Waals surface area contributed by atoms with Crippen molar-refractivity contribution < 1.29 is 0 Å². The molecule has 6 rings (SSSR count). The minimum Gasteiger partial charge on any atom is -0.331 e. The molecule has 1 nitrogen and oxygen atoms in total. The molecule has 1 heterocycles. The van der Waals surface area contributed by atoms with Gasteiger partial charge in [-0.05, 0) is 72.4 Å². The second-order valence-corrected chi connectivity index (χ2v) is 9.74. The van der Waals surface area contributed by atoms with E-state index in [0.717, 1.165) is 6.42 Å². The van der Waals surface area contributed by atoms with E-state index in [1.807, 2.05) is 0 Å². The maximum Gasteiger partial charge on any atom is 0.0715 e. The minimum absolute atomic E-state index is 0.0151. The molecule has 0 bridgehead atoms. The van der Waals surface area contributed by atoms with Gasteiger partial charge >= 0.3 is 0 Å². The molecule has 30 heavy (non-hydrogen) atoms. The van der Waals surface area contributed by atoms with Crippen molar-refractivity contribution in [3.05, 3.63) is 101 Å². The molecule has 0 spiro atoms. The van der Waals surface area contributed by atoms with Gasteiger partial charge in [0.25, 0.3) is 0 Å². The molecule has 1 unspecified atom stereocenters. The first-order valence-electron chi connectivity index (χ1n) is 10.9. The Hall–Kier alpha value is -3.06. The third kappa shape index (κ3) is 2.13. The Morgan fingerprint density at radius 2 is 1.57 bits per heavy atom. The predicted molar refractivity (Wildman–Crippen MR) is 127 cm³/mol. The summed E-state index contributed by atoms with van der Waals surface area (Å²) in [6, 6.07) is 22.9. The second kappa shape index (κ2) is 5.76. The van der Waals surface area contributed by atoms with Crippen LogP contribution in [0.5, 0.6) is 0 Å². The summed E-state index contributed by atoms with van der Waals surface area (Å²) in [4.78, 5) is 2.58. The summed E-state index contributed by atoms with van der Waals surface area (Å²) < 4.78 is 0. The molecule has 0 saturated heterocycles. The average molecular weight is 390 g/mol. The zero-order valence-corrected chi connectivity index (χ0v) is 18.2. The van der Waals surface area contributed by atoms with Crippen LogP contribution < -0.4 is 4.90 Å². The molecule has 148 valence electrons. The van der Waals surface area contributed by atoms with Crippen molar-refractivity contribution in [3.8, 4) is 11.1 Å². The van der Waals surface area contributed by atoms with Crippen molar-refractivity contribution in [1.29, 1.82) is 0 Å². The summed E-state index contributed by atoms with van der Waals surface area (Å²) in [6.07, 6.45) is 7.88. The number of fused-ring (bicyclic) bond motifs is 6. The number of aryl methyl sites for hydroxylation is 1. The van der Waals surface area contributed by atoms with Gasteiger partial charge in [-0.3, -0.25) is 0 Å². The van der Waals surface area contributed by atoms with Crippen molar-refractivity contribution in [1.82, 2.24) is 0 Å². The molecule has 3 aromatic carbocycles. The van der Waals surface area contributed by atoms with Crippen LogP contribution in [-0.2, 0) is 5.41 Å². The van der Waals surface area contributed by atoms with E-state index in [2.05, 4.69) is 111 Å². The van der Waals surface area contributed by atoms with Gasteiger partial charge in [0.1, 0.15) is 0 Å². The van der Waals surface area contributed by atoms with Crippen LogP contribution in [0.3, 0.4) is 0 Å². The first-order valence-corrected chi connectivity index (χ1v) is 10.9. The largest absolute Gasteiger partial charge is 0.331 e. The van der Waals surface area contributed by atoms with Crippen LogP contribution in [0, 0.1) is 6.92 Å². The number of hydrogen-bond acceptors (Lipinski definition) is 1. The molecule has 1 aliphatic heterocycles. The molecule has 3 aliphatic rings. The molecular weight excluding hydrogens is 362 g/mol. The fraction of sp³-hybridized carbons (Fsp3) is 0.241. The lowest BCUT2D eigenvalue weighted by molar-refractivity contribution is 0.606. The molecule has 0 aromatic heterocycles. The van der Waals surface area contributed by atoms with Gasteiger partial charge in [-0.15, -0.1) is 0 Å². The van der Waals surface area contributed by atoms with Crippen molar-refractivity contribution in [3.63, 3.8) is 0 Å². The van der Waals surface area contributed by atoms with Gasteiger partial charge in [0.05, 0.1) is 5.54 Å². The summed E-state index contributed by atoms with van der Waals surface area (Å²) in [5.74, 6) is 0. The molecule has 0 N–H and O–H groups in total. The minimum atomic E-state index is -0.0505. The Labute approximate surface area is 179 Å². The quantitative estimate of drug-likeness (QED) is 0.415. The fourth-order valence-corrected chi connectivity index (χ4v) is 5.86. The van der Waals surface area contributed by atoms with Crippen molar-refractivity contribution in [2.45, 2.75) is 45.1 Å². The number of anilines is 2. The van der Waals surface area contributed by atoms with Crippen LogP contribution >= 0.6 is 0 Å². The average Bonchev–Trinajstić information content (AvgIpc) is 3.13. The normalized spacial score (nSPS) is 22.3. The number of nitrogens with zero attached hydrogens (tertiary/aromatic N) is 1. The van der Waals surface area contributed by atoms with E-state index in [0.29, 0.717) is 0 Å². The van der Waals surface area contributed by atoms with Crippen LogP contribution in [-0.4, -0.2) is 5.54 Å². The highest BCUT2D eigenvalue weighted by atomic mass is 15.2. The number of rotatable bonds is 1. The lowest BCUT2D eigenvalue weighted by Gasteiger charge is -2.39. The summed E-state index contributed by atoms with van der Waals surface area (Å²) in [5.41, 5.74) is 12.4. The highest BCUT2D eigenvalue weighted by Crippen LogP contribution is 2.58. The third-order valence-electron chi connectivity index (χ3n) is 7.51. The van der Waals surface area contributed by atoms with E-state index in [9.17, 15) is 0 Å². The SMILES string of the molecule is Cc1ccc(N2c3cc4c(cc3C3=CC=CCC32C)-c2ccccc2C4(C)C)cc1. The topological polar surface area (TPSA) is 3.24 Å². The zero-order chi connectivity index (χ0) is 20.7. The Kier molecular flexibility index (Phi) is 3.41. The van der Waals surface area contributed by atoms with Gasteiger partial charge in [-0.2, -0.15) is 0 Å². The van der Waals surface area contributed by atoms with E-state index in [1.165, 1.54) is 50.3 Å². The Morgan fingerprint density at radius 1 is 0.800 bits per heavy atom. The smallest absolute Gasteiger partial charge is 0.0715 e. The standard InChI is InChI=1S/C29H27N/c1-19-12-14-20(15-13-19)30-27-18-26-22(21-9-5-6-10-24(21)28(26,2)3)17-23(27)25-11-7-8-16-29(25,30)4/h5-15,17-18H,16H2,1-4H3. The molecule has 0 fully saturated rings. The number of benzene rings is 3. The van der Waals surface area contributed by atoms with E-state index in [-0.39, 0.29) is 11.0 Å². The number of allylic oxidation sites excluding steroid dienone is 2. The fourth-order valence-electron chi connectivity index (χ4n) is 5.86. The van der Waals surface area contributed by atoms with Gasteiger partial charge in [-0.25, -0.2) is 0 Å². The maximum absolute atomic E-state index is 2.58. The lowest BCUT2D eigenvalue weighted by atomic mass is 9.81. The van der Waals surface area contributed by atoms with E-state index >= 15 is 0 Å². The Balaban J connectivity index is 1.65. The van der Waals surface area contributed by atoms with E-state index in [4.69, 9.17) is 0 Å². The molecular formula is C29H27N. The first-order chi connectivity index (χ1) is 14.4. The van der Waals surface area contributed by atoms with Gasteiger partial charge in [0.2, 0.25) is 0 Å². The molecule has 0 amide bonds. The van der Waals surface area contributed by atoms with Crippen LogP contribution in [0.2, 0.25) is 0 Å². The van der Waals surface area contributed by atoms with Gasteiger partial charge in [0, 0.05) is 22.4 Å². The van der Waals surface area contributed by atoms with Gasteiger partial charge < -0.3 is 4.90 Å². The van der Waals surface area contributed by atoms with Crippen molar-refractivity contribution >= 4 is 16.9 Å². The second-order valence-electron chi connectivity index (χ2n) is 9.74. The van der Waals surface area contributed by atoms with Crippen LogP contribution in [0.15, 0.2) is 78.9 Å². The summed E-state index contributed by atoms with van der Waals surface area (Å²) in [7, 11) is 0. The summed E-state index contributed by atoms with van der Waals surface area (Å²) >= 11 is 0. The highest BCUT2D eigenvalue weighted by molar-refractivity contribution is 5.99. The van der Waals surface area contributed by atoms with Crippen molar-refractivity contribution in [2.24, 2.45) is 0 Å². The predicted octanol–water partition coefficient (Wildman–Crippen LogP) is 7.56. The zero-order valence-electron chi connectivity index (χ0n) is 18.2. The molecule has 3 aromatic rings. The molecule has 0 saturated carbocycles. The molecule has 1 heteroatoms. The summed E-state index contributed by atoms with van der Waals surface area (Å²) in [5, 5.41) is 0. The first kappa shape index (κ1) is 17.8. The lowest BCUT2D eigenvalue weighted by Crippen LogP contribution is -2.40. The maximum atomic E-state index is 2.58. The van der Waals surface area contributed by atoms with Gasteiger partial charge in [0.15, 0.2) is 0 Å².